The van der Waals surface area contributed by atoms with Crippen molar-refractivity contribution in [1.29, 1.82) is 0 Å². The highest BCUT2D eigenvalue weighted by Crippen LogP contribution is 2.35. The molecule has 8 heteroatoms. The van der Waals surface area contributed by atoms with Crippen molar-refractivity contribution >= 4 is 28.9 Å². The maximum atomic E-state index is 13.4. The Balaban J connectivity index is 1.19. The van der Waals surface area contributed by atoms with Crippen LogP contribution in [0.25, 0.3) is 17.0 Å². The molecule has 2 aliphatic rings. The van der Waals surface area contributed by atoms with E-state index in [1.807, 2.05) is 6.07 Å². The van der Waals surface area contributed by atoms with Gasteiger partial charge in [-0.05, 0) is 86.0 Å². The van der Waals surface area contributed by atoms with Crippen LogP contribution < -0.4 is 0 Å². The Hall–Kier alpha value is -3.52. The van der Waals surface area contributed by atoms with Crippen molar-refractivity contribution in [2.45, 2.75) is 44.6 Å². The van der Waals surface area contributed by atoms with E-state index in [4.69, 9.17) is 4.74 Å². The van der Waals surface area contributed by atoms with Gasteiger partial charge in [0.1, 0.15) is 18.2 Å². The van der Waals surface area contributed by atoms with Crippen LogP contribution in [0.1, 0.15) is 49.7 Å². The van der Waals surface area contributed by atoms with Gasteiger partial charge in [-0.2, -0.15) is 0 Å². The first-order chi connectivity index (χ1) is 18.9. The molecule has 1 unspecified atom stereocenters. The summed E-state index contributed by atoms with van der Waals surface area (Å²) in [4.78, 5) is 32.1. The summed E-state index contributed by atoms with van der Waals surface area (Å²) in [5.41, 5.74) is 2.86. The lowest BCUT2D eigenvalue weighted by atomic mass is 9.84. The molecule has 3 heterocycles. The molecule has 3 aromatic rings. The molecule has 0 saturated carbocycles. The highest BCUT2D eigenvalue weighted by atomic mass is 19.1. The van der Waals surface area contributed by atoms with Crippen molar-refractivity contribution in [2.24, 2.45) is 5.92 Å². The van der Waals surface area contributed by atoms with Gasteiger partial charge in [0.15, 0.2) is 0 Å². The predicted octanol–water partition coefficient (Wildman–Crippen LogP) is 5.51. The summed E-state index contributed by atoms with van der Waals surface area (Å²) in [5.74, 6) is -1.00. The molecule has 6 nitrogen and oxygen atoms in total. The Bertz CT molecular complexity index is 1320. The fourth-order valence-electron chi connectivity index (χ4n) is 6.17. The van der Waals surface area contributed by atoms with Gasteiger partial charge in [0.25, 0.3) is 0 Å². The number of fused-ring (bicyclic) bond motifs is 1. The predicted molar refractivity (Wildman–Crippen MR) is 147 cm³/mol. The van der Waals surface area contributed by atoms with Gasteiger partial charge in [0, 0.05) is 55.3 Å². The Morgan fingerprint density at radius 1 is 1.03 bits per heavy atom. The largest absolute Gasteiger partial charge is 0.464 e. The summed E-state index contributed by atoms with van der Waals surface area (Å²) < 4.78 is 32.4. The molecule has 0 aliphatic carbocycles. The van der Waals surface area contributed by atoms with E-state index in [9.17, 15) is 18.4 Å². The normalized spacial score (nSPS) is 18.6. The molecule has 1 N–H and O–H groups in total. The quantitative estimate of drug-likeness (QED) is 0.320. The molecule has 206 valence electrons. The number of para-hydroxylation sites is 1. The van der Waals surface area contributed by atoms with Crippen LogP contribution in [0.4, 0.5) is 8.78 Å². The number of likely N-dealkylation sites (tertiary alicyclic amines) is 2. The first-order valence-corrected chi connectivity index (χ1v) is 13.7. The van der Waals surface area contributed by atoms with Gasteiger partial charge in [-0.15, -0.1) is 0 Å². The third-order valence-electron chi connectivity index (χ3n) is 8.22. The molecule has 2 aliphatic heterocycles. The average molecular weight is 536 g/mol. The van der Waals surface area contributed by atoms with E-state index in [1.165, 1.54) is 47.7 Å². The number of aromatic nitrogens is 1. The summed E-state index contributed by atoms with van der Waals surface area (Å²) in [7, 11) is 0. The number of esters is 1. The second-order valence-corrected chi connectivity index (χ2v) is 10.7. The number of carbonyl (C=O) groups excluding carboxylic acids is 2. The molecule has 2 aromatic carbocycles. The van der Waals surface area contributed by atoms with Crippen LogP contribution in [0.5, 0.6) is 0 Å². The Morgan fingerprint density at radius 2 is 1.72 bits per heavy atom. The molecular weight excluding hydrogens is 500 g/mol. The van der Waals surface area contributed by atoms with Crippen molar-refractivity contribution in [3.63, 3.8) is 0 Å². The number of ether oxygens (including phenoxy) is 1. The number of amides is 1. The van der Waals surface area contributed by atoms with Crippen LogP contribution in [0.2, 0.25) is 0 Å². The first-order valence-electron chi connectivity index (χ1n) is 13.7. The molecule has 39 heavy (non-hydrogen) atoms. The number of nitrogens with zero attached hydrogens (tertiary/aromatic N) is 2. The number of carbonyl (C=O) groups is 2. The Morgan fingerprint density at radius 3 is 2.41 bits per heavy atom. The fourth-order valence-corrected chi connectivity index (χ4v) is 6.17. The Labute approximate surface area is 227 Å². The molecule has 0 spiro atoms. The van der Waals surface area contributed by atoms with Gasteiger partial charge < -0.3 is 14.6 Å². The number of rotatable bonds is 7. The van der Waals surface area contributed by atoms with E-state index >= 15 is 0 Å². The van der Waals surface area contributed by atoms with Crippen LogP contribution in [0.15, 0.2) is 54.7 Å². The number of hydrogen-bond donors (Lipinski definition) is 1. The van der Waals surface area contributed by atoms with E-state index in [-0.39, 0.29) is 17.9 Å². The van der Waals surface area contributed by atoms with Gasteiger partial charge >= 0.3 is 5.97 Å². The second kappa shape index (κ2) is 12.1. The van der Waals surface area contributed by atoms with Crippen molar-refractivity contribution in [3.05, 3.63) is 77.5 Å². The third-order valence-corrected chi connectivity index (χ3v) is 8.22. The van der Waals surface area contributed by atoms with Gasteiger partial charge in [-0.1, -0.05) is 18.2 Å². The molecule has 5 rings (SSSR count). The molecule has 1 aromatic heterocycles. The summed E-state index contributed by atoms with van der Waals surface area (Å²) >= 11 is 0. The molecule has 1 atom stereocenters. The van der Waals surface area contributed by atoms with E-state index < -0.39 is 11.6 Å². The van der Waals surface area contributed by atoms with Crippen molar-refractivity contribution in [1.82, 2.24) is 14.8 Å². The molecule has 1 amide bonds. The number of aromatic amines is 1. The van der Waals surface area contributed by atoms with Crippen molar-refractivity contribution in [3.8, 4) is 0 Å². The van der Waals surface area contributed by atoms with E-state index in [0.717, 1.165) is 44.8 Å². The lowest BCUT2D eigenvalue weighted by molar-refractivity contribution is -0.144. The van der Waals surface area contributed by atoms with Crippen LogP contribution in [0.3, 0.4) is 0 Å². The number of piperidine rings is 2. The zero-order valence-corrected chi connectivity index (χ0v) is 22.2. The maximum absolute atomic E-state index is 13.4. The number of H-pyrrole nitrogens is 1. The average Bonchev–Trinajstić information content (AvgIpc) is 3.36. The number of nitrogens with one attached hydrogen (secondary N) is 1. The topological polar surface area (TPSA) is 65.6 Å². The molecule has 2 saturated heterocycles. The number of halogens is 2. The molecular formula is C31H35F2N3O3. The lowest BCUT2D eigenvalue weighted by Gasteiger charge is -2.43. The van der Waals surface area contributed by atoms with Crippen molar-refractivity contribution in [2.75, 3.05) is 32.8 Å². The Kier molecular flexibility index (Phi) is 8.41. The molecule has 2 fully saturated rings. The van der Waals surface area contributed by atoms with Gasteiger partial charge in [-0.25, -0.2) is 8.78 Å². The first kappa shape index (κ1) is 27.1. The number of hydrogen-bond acceptors (Lipinski definition) is 4. The maximum Gasteiger partial charge on any atom is 0.302 e. The number of benzene rings is 2. The van der Waals surface area contributed by atoms with Crippen LogP contribution >= 0.6 is 0 Å². The fraction of sp³-hybridized carbons (Fsp3) is 0.419. The van der Waals surface area contributed by atoms with Crippen LogP contribution in [-0.4, -0.2) is 65.5 Å². The molecule has 0 radical (unpaired) electrons. The van der Waals surface area contributed by atoms with Gasteiger partial charge in [0.05, 0.1) is 0 Å². The van der Waals surface area contributed by atoms with Gasteiger partial charge in [0.2, 0.25) is 5.91 Å². The summed E-state index contributed by atoms with van der Waals surface area (Å²) in [6.07, 6.45) is 8.67. The van der Waals surface area contributed by atoms with E-state index in [0.29, 0.717) is 37.1 Å². The summed E-state index contributed by atoms with van der Waals surface area (Å²) in [5, 5.41) is 1.29. The van der Waals surface area contributed by atoms with E-state index in [1.54, 1.807) is 4.90 Å². The minimum Gasteiger partial charge on any atom is -0.464 e. The third kappa shape index (κ3) is 6.56. The summed E-state index contributed by atoms with van der Waals surface area (Å²) in [6.45, 7) is 4.85. The van der Waals surface area contributed by atoms with Crippen LogP contribution in [0, 0.1) is 17.6 Å². The smallest absolute Gasteiger partial charge is 0.302 e. The highest BCUT2D eigenvalue weighted by molar-refractivity contribution is 5.91. The monoisotopic (exact) mass is 535 g/mol. The zero-order chi connectivity index (χ0) is 27.4. The highest BCUT2D eigenvalue weighted by Gasteiger charge is 2.35. The van der Waals surface area contributed by atoms with Gasteiger partial charge in [-0.3, -0.25) is 14.5 Å². The minimum absolute atomic E-state index is 0.112. The van der Waals surface area contributed by atoms with Crippen molar-refractivity contribution < 1.29 is 23.1 Å². The zero-order valence-electron chi connectivity index (χ0n) is 22.2. The van der Waals surface area contributed by atoms with E-state index in [2.05, 4.69) is 34.3 Å². The SMILES string of the molecule is CC(=O)OCC(C1CCN(C(=O)/C=C/c2cc(F)cc(F)c2)CC1)N1CCC(c2c[nH]c3ccccc23)CC1. The standard InChI is InChI=1S/C31H35F2N3O3/c1-21(37)39-20-30(35-12-8-23(9-13-35)28-19-34-29-5-3-2-4-27(28)29)24-10-14-36(15-11-24)31(38)7-6-22-16-25(32)18-26(33)17-22/h2-7,16-19,23-24,30,34H,8-15,20H2,1H3/b7-6+. The van der Waals surface area contributed by atoms with Crippen LogP contribution in [-0.2, 0) is 14.3 Å². The minimum atomic E-state index is -0.674. The summed E-state index contributed by atoms with van der Waals surface area (Å²) in [6, 6.07) is 11.7. The molecule has 0 bridgehead atoms. The second-order valence-electron chi connectivity index (χ2n) is 10.7. The lowest BCUT2D eigenvalue weighted by Crippen LogP contribution is -2.51.